The van der Waals surface area contributed by atoms with Gasteiger partial charge in [0.25, 0.3) is 17.7 Å². The summed E-state index contributed by atoms with van der Waals surface area (Å²) in [5.74, 6) is -2.78. The van der Waals surface area contributed by atoms with Gasteiger partial charge in [-0.1, -0.05) is 113 Å². The van der Waals surface area contributed by atoms with Crippen LogP contribution in [-0.2, 0) is 28.4 Å². The van der Waals surface area contributed by atoms with Gasteiger partial charge in [-0.05, 0) is 78.9 Å². The summed E-state index contributed by atoms with van der Waals surface area (Å²) in [7, 11) is -1.72. The van der Waals surface area contributed by atoms with Crippen LogP contribution in [0.15, 0.2) is 203 Å². The lowest BCUT2D eigenvalue weighted by Crippen LogP contribution is -2.54. The van der Waals surface area contributed by atoms with E-state index >= 15 is 0 Å². The zero-order chi connectivity index (χ0) is 67.0. The van der Waals surface area contributed by atoms with Crippen molar-refractivity contribution in [1.29, 1.82) is 0 Å². The molecule has 0 aliphatic carbocycles. The Morgan fingerprint density at radius 2 is 0.758 bits per heavy atom. The second-order valence-corrected chi connectivity index (χ2v) is 20.4. The Balaban J connectivity index is 0.000000230. The lowest BCUT2D eigenvalue weighted by atomic mass is 10.0. The van der Waals surface area contributed by atoms with Crippen molar-refractivity contribution in [3.63, 3.8) is 0 Å². The molecule has 95 heavy (non-hydrogen) atoms. The average Bonchev–Trinajstić information content (AvgIpc) is 0.804. The Morgan fingerprint density at radius 3 is 1.13 bits per heavy atom. The predicted molar refractivity (Wildman–Crippen MR) is 342 cm³/mol. The molecule has 5 aromatic carbocycles. The van der Waals surface area contributed by atoms with Crippen molar-refractivity contribution in [2.75, 3.05) is 42.8 Å². The zero-order valence-corrected chi connectivity index (χ0v) is 48.1. The number of nitrogens with one attached hydrogen (secondary N) is 3. The molecule has 502 valence electrons. The minimum absolute atomic E-state index is 0. The average molecular weight is 1320 g/mol. The number of esters is 2. The van der Waals surface area contributed by atoms with Gasteiger partial charge in [-0.3, -0.25) is 28.1 Å². The number of aliphatic hydroxyl groups excluding tert-OH is 6. The van der Waals surface area contributed by atoms with Gasteiger partial charge in [0.05, 0.1) is 33.7 Å². The second kappa shape index (κ2) is 34.6. The minimum atomic E-state index is -1.72. The molecular formula is C66H73N9O20. The SMILES string of the molecule is C.C.C.O=C(Nc1ccn(C2OCC(O)C(O)C2O)c(=O)n1)c1ccccc1.O=C(Nc1ccn(C2OCC(O)C(O)C2OC(=O)c2ccccc2)c(=O)n1)c1ccccc1.[2H]C([3H])OC1COC(n2ccc(NC(=O)c3ccccc3)nc2=O)C(O)C1OC(=O)c1ccccc1. The Morgan fingerprint density at radius 1 is 0.442 bits per heavy atom. The Kier molecular flexibility index (Phi) is 25.7. The van der Waals surface area contributed by atoms with Gasteiger partial charge in [-0.25, -0.2) is 24.0 Å². The number of nitrogens with zero attached hydrogens (tertiary/aromatic N) is 6. The molecule has 8 aromatic rings. The first-order valence-electron chi connectivity index (χ1n) is 29.2. The predicted octanol–water partition coefficient (Wildman–Crippen LogP) is 3.61. The molecule has 11 rings (SSSR count). The maximum Gasteiger partial charge on any atom is 0.351 e. The van der Waals surface area contributed by atoms with Crippen LogP contribution in [0.5, 0.6) is 0 Å². The van der Waals surface area contributed by atoms with Crippen LogP contribution in [0, 0.1) is 0 Å². The van der Waals surface area contributed by atoms with E-state index in [9.17, 15) is 69.0 Å². The van der Waals surface area contributed by atoms with E-state index in [0.717, 1.165) is 13.7 Å². The van der Waals surface area contributed by atoms with Crippen LogP contribution in [0.25, 0.3) is 0 Å². The quantitative estimate of drug-likeness (QED) is 0.0702. The van der Waals surface area contributed by atoms with Gasteiger partial charge >= 0.3 is 29.0 Å². The maximum atomic E-state index is 12.7. The second-order valence-electron chi connectivity index (χ2n) is 20.4. The molecule has 0 bridgehead atoms. The lowest BCUT2D eigenvalue weighted by Gasteiger charge is -2.39. The highest BCUT2D eigenvalue weighted by molar-refractivity contribution is 6.05. The summed E-state index contributed by atoms with van der Waals surface area (Å²) in [6.07, 6.45) is -12.3. The van der Waals surface area contributed by atoms with E-state index in [2.05, 4.69) is 30.9 Å². The molecule has 0 spiro atoms. The van der Waals surface area contributed by atoms with Crippen LogP contribution < -0.4 is 33.0 Å². The molecule has 3 aromatic heterocycles. The van der Waals surface area contributed by atoms with Gasteiger partial charge in [0.1, 0.15) is 60.2 Å². The highest BCUT2D eigenvalue weighted by Gasteiger charge is 2.45. The minimum Gasteiger partial charge on any atom is -0.453 e. The number of hydrogen-bond donors (Lipinski definition) is 9. The standard InChI is InChI=1S/C24H23N3O7.C23H21N3O7.C16H17N3O6.3CH4/c1-32-17-14-33-22(19(28)20(17)34-23(30)16-10-6-3-7-11-16)27-13-12-18(26-24(27)31)25-21(29)15-8-4-2-5-9-15;27-16-13-32-21(19(18(16)28)33-22(30)15-9-5-2-6-10-15)26-12-11-17(25-23(26)31)24-20(29)14-7-3-1-4-8-14;20-10-8-25-15(13(22)12(10)21)19-7-6-11(18-16(19)24)17-14(23)9-4-2-1-3-5-9;;;/h2-13,17,19-20,22,28H,14H2,1H3,(H,25,26,29,31);1-12,16,18-19,21,27-28H,13H2,(H,24,25,29,31);1-7,10,12-13,15,20-22H,8H2,(H,17,18,23,24);3*1H4/i1TD;;;;;. The monoisotopic (exact) mass is 1310 g/mol. The first-order chi connectivity index (χ1) is 45.2. The van der Waals surface area contributed by atoms with Crippen molar-refractivity contribution in [1.82, 2.24) is 28.7 Å². The summed E-state index contributed by atoms with van der Waals surface area (Å²) in [5.41, 5.74) is -0.790. The third-order valence-corrected chi connectivity index (χ3v) is 14.2. The first kappa shape index (κ1) is 70.6. The smallest absolute Gasteiger partial charge is 0.351 e. The van der Waals surface area contributed by atoms with E-state index in [0.29, 0.717) is 16.7 Å². The summed E-state index contributed by atoms with van der Waals surface area (Å²) < 4.78 is 50.1. The van der Waals surface area contributed by atoms with Crippen molar-refractivity contribution in [3.05, 3.63) is 248 Å². The van der Waals surface area contributed by atoms with Gasteiger partial charge in [0.15, 0.2) is 30.9 Å². The number of carbonyl (C=O) groups excluding carboxylic acids is 5. The number of ether oxygens (including phenoxy) is 6. The molecule has 3 amide bonds. The topological polar surface area (TPSA) is 403 Å². The summed E-state index contributed by atoms with van der Waals surface area (Å²) in [5, 5.41) is 68.1. The number of hydrogen-bond acceptors (Lipinski definition) is 23. The molecular weight excluding hydrogens is 1240 g/mol. The van der Waals surface area contributed by atoms with Gasteiger partial charge < -0.3 is 75.0 Å². The highest BCUT2D eigenvalue weighted by atomic mass is 16.6. The van der Waals surface area contributed by atoms with Crippen LogP contribution >= 0.6 is 0 Å². The number of carbonyl (C=O) groups is 5. The Labute approximate surface area is 546 Å². The molecule has 9 N–H and O–H groups in total. The molecule has 13 atom stereocenters. The molecule has 3 aliphatic heterocycles. The van der Waals surface area contributed by atoms with Crippen LogP contribution in [0.3, 0.4) is 0 Å². The molecule has 0 saturated carbocycles. The van der Waals surface area contributed by atoms with Crippen molar-refractivity contribution in [2.45, 2.75) is 95.9 Å². The third kappa shape index (κ3) is 18.5. The van der Waals surface area contributed by atoms with E-state index in [1.807, 2.05) is 0 Å². The molecule has 3 saturated heterocycles. The van der Waals surface area contributed by atoms with Crippen LogP contribution in [0.2, 0.25) is 0 Å². The maximum absolute atomic E-state index is 12.7. The number of aromatic nitrogens is 6. The van der Waals surface area contributed by atoms with Crippen molar-refractivity contribution < 1.29 is 85.8 Å². The molecule has 13 unspecified atom stereocenters. The largest absolute Gasteiger partial charge is 0.453 e. The van der Waals surface area contributed by atoms with Crippen LogP contribution in [0.1, 0.15) is 95.5 Å². The number of aliphatic hydroxyl groups is 6. The van der Waals surface area contributed by atoms with E-state index in [-0.39, 0.29) is 70.7 Å². The van der Waals surface area contributed by atoms with Gasteiger partial charge in [-0.15, -0.1) is 0 Å². The molecule has 3 aliphatic rings. The summed E-state index contributed by atoms with van der Waals surface area (Å²) in [6, 6.07) is 45.5. The Bertz CT molecular complexity index is 4070. The van der Waals surface area contributed by atoms with Crippen molar-refractivity contribution in [3.8, 4) is 0 Å². The number of anilines is 3. The van der Waals surface area contributed by atoms with Crippen LogP contribution in [0.4, 0.5) is 17.5 Å². The molecule has 29 nitrogen and oxygen atoms in total. The number of amides is 3. The van der Waals surface area contributed by atoms with Gasteiger partial charge in [-0.2, -0.15) is 15.0 Å². The number of methoxy groups -OCH3 is 1. The van der Waals surface area contributed by atoms with E-state index in [4.69, 9.17) is 31.2 Å². The summed E-state index contributed by atoms with van der Waals surface area (Å²) in [4.78, 5) is 111. The van der Waals surface area contributed by atoms with Crippen molar-refractivity contribution >= 4 is 47.1 Å². The van der Waals surface area contributed by atoms with Gasteiger partial charge in [0, 0.05) is 42.3 Å². The molecule has 6 heterocycles. The highest BCUT2D eigenvalue weighted by Crippen LogP contribution is 2.30. The molecule has 3 fully saturated rings. The number of benzene rings is 5. The van der Waals surface area contributed by atoms with Gasteiger partial charge in [0.2, 0.25) is 0 Å². The zero-order valence-electron chi connectivity index (χ0n) is 50.1. The normalized spacial score (nSPS) is 23.2. The fraction of sp³-hybridized carbons (Fsp3) is 0.288. The Hall–Kier alpha value is -10.3. The van der Waals surface area contributed by atoms with E-state index in [1.54, 1.807) is 127 Å². The number of rotatable bonds is 14. The summed E-state index contributed by atoms with van der Waals surface area (Å²) >= 11 is 0. The van der Waals surface area contributed by atoms with Crippen LogP contribution in [-0.4, -0.2) is 171 Å². The molecule has 29 heteroatoms. The lowest BCUT2D eigenvalue weighted by molar-refractivity contribution is -0.218. The van der Waals surface area contributed by atoms with E-state index < -0.39 is 127 Å². The fourth-order valence-electron chi connectivity index (χ4n) is 9.35. The first-order valence-corrected chi connectivity index (χ1v) is 28.1. The third-order valence-electron chi connectivity index (χ3n) is 14.2. The van der Waals surface area contributed by atoms with E-state index in [1.165, 1.54) is 61.1 Å². The molecule has 0 radical (unpaired) electrons. The van der Waals surface area contributed by atoms with Crippen molar-refractivity contribution in [2.24, 2.45) is 0 Å². The fourth-order valence-corrected chi connectivity index (χ4v) is 9.35. The summed E-state index contributed by atoms with van der Waals surface area (Å²) in [6.45, 7) is -0.798.